The van der Waals surface area contributed by atoms with Gasteiger partial charge in [-0.1, -0.05) is 0 Å². The average Bonchev–Trinajstić information content (AvgIpc) is 2.17. The predicted octanol–water partition coefficient (Wildman–Crippen LogP) is 1.46. The number of hydrogen-bond donors (Lipinski definition) is 1. The number of aliphatic imine (C=N–C) groups is 1. The molecule has 0 radical (unpaired) electrons. The van der Waals surface area contributed by atoms with Crippen LogP contribution in [0.2, 0.25) is 0 Å². The third-order valence-corrected chi connectivity index (χ3v) is 1.84. The van der Waals surface area contributed by atoms with Crippen molar-refractivity contribution >= 4 is 11.7 Å². The van der Waals surface area contributed by atoms with Crippen LogP contribution >= 0.6 is 0 Å². The highest BCUT2D eigenvalue weighted by Crippen LogP contribution is 2.17. The maximum atomic E-state index is 12.0. The second kappa shape index (κ2) is 3.65. The van der Waals surface area contributed by atoms with E-state index in [2.05, 4.69) is 20.3 Å². The van der Waals surface area contributed by atoms with Crippen molar-refractivity contribution in [1.29, 1.82) is 0 Å². The Balaban J connectivity index is 2.13. The number of halogens is 2. The third-order valence-electron chi connectivity index (χ3n) is 1.84. The van der Waals surface area contributed by atoms with Gasteiger partial charge in [0.05, 0.1) is 13.0 Å². The lowest BCUT2D eigenvalue weighted by Crippen LogP contribution is -2.21. The lowest BCUT2D eigenvalue weighted by molar-refractivity contribution is 0.157. The summed E-state index contributed by atoms with van der Waals surface area (Å²) in [6, 6.07) is 0. The fourth-order valence-corrected chi connectivity index (χ4v) is 1.21. The Morgan fingerprint density at radius 1 is 1.50 bits per heavy atom. The van der Waals surface area contributed by atoms with E-state index in [1.807, 2.05) is 0 Å². The van der Waals surface area contributed by atoms with Crippen LogP contribution in [-0.2, 0) is 6.54 Å². The molecule has 0 aliphatic carbocycles. The number of amidine groups is 1. The number of hydrogen-bond acceptors (Lipinski definition) is 4. The van der Waals surface area contributed by atoms with Crippen molar-refractivity contribution in [2.45, 2.75) is 19.4 Å². The maximum Gasteiger partial charge on any atom is 0.245 e. The first-order valence-corrected chi connectivity index (χ1v) is 4.13. The van der Waals surface area contributed by atoms with E-state index in [9.17, 15) is 8.78 Å². The zero-order valence-corrected chi connectivity index (χ0v) is 7.24. The molecule has 1 aromatic heterocycles. The van der Waals surface area contributed by atoms with Gasteiger partial charge in [-0.2, -0.15) is 0 Å². The molecule has 0 bridgehead atoms. The van der Waals surface area contributed by atoms with Crippen LogP contribution in [0.4, 0.5) is 14.6 Å². The molecule has 6 heteroatoms. The van der Waals surface area contributed by atoms with Crippen molar-refractivity contribution in [2.75, 3.05) is 5.32 Å². The molecule has 1 N–H and O–H groups in total. The van der Waals surface area contributed by atoms with Crippen molar-refractivity contribution in [3.8, 4) is 0 Å². The monoisotopic (exact) mass is 198 g/mol. The quantitative estimate of drug-likeness (QED) is 0.782. The van der Waals surface area contributed by atoms with Crippen LogP contribution in [0.3, 0.4) is 0 Å². The van der Waals surface area contributed by atoms with E-state index in [1.165, 1.54) is 6.33 Å². The molecule has 1 aliphatic rings. The van der Waals surface area contributed by atoms with Gasteiger partial charge in [0.1, 0.15) is 18.0 Å². The van der Waals surface area contributed by atoms with Crippen LogP contribution in [0, 0.1) is 0 Å². The molecule has 0 saturated carbocycles. The first kappa shape index (κ1) is 8.98. The Bertz CT molecular complexity index is 364. The van der Waals surface area contributed by atoms with Gasteiger partial charge in [0.25, 0.3) is 0 Å². The van der Waals surface area contributed by atoms with Gasteiger partial charge in [-0.3, -0.25) is 4.99 Å². The Morgan fingerprint density at radius 3 is 3.14 bits per heavy atom. The van der Waals surface area contributed by atoms with Gasteiger partial charge in [0.15, 0.2) is 0 Å². The number of aromatic nitrogens is 2. The highest BCUT2D eigenvalue weighted by Gasteiger charge is 2.15. The van der Waals surface area contributed by atoms with Gasteiger partial charge in [0.2, 0.25) is 6.43 Å². The number of nitrogens with one attached hydrogen (secondary N) is 1. The van der Waals surface area contributed by atoms with Gasteiger partial charge >= 0.3 is 0 Å². The molecule has 14 heavy (non-hydrogen) atoms. The lowest BCUT2D eigenvalue weighted by atomic mass is 10.2. The largest absolute Gasteiger partial charge is 0.328 e. The van der Waals surface area contributed by atoms with E-state index in [1.54, 1.807) is 6.20 Å². The van der Waals surface area contributed by atoms with Gasteiger partial charge in [-0.15, -0.1) is 0 Å². The third kappa shape index (κ3) is 1.84. The van der Waals surface area contributed by atoms with E-state index in [4.69, 9.17) is 0 Å². The summed E-state index contributed by atoms with van der Waals surface area (Å²) in [5, 5.41) is 2.75. The Morgan fingerprint density at radius 2 is 2.36 bits per heavy atom. The second-order valence-electron chi connectivity index (χ2n) is 2.88. The fourth-order valence-electron chi connectivity index (χ4n) is 1.21. The van der Waals surface area contributed by atoms with Crippen molar-refractivity contribution in [3.63, 3.8) is 0 Å². The molecule has 1 aromatic rings. The standard InChI is InChI=1S/C8H8F2N4/c9-6(10)1-7-12-3-5-2-11-4-13-8(5)14-7/h2,4,6H,1,3H2,(H,11,12,13,14). The minimum Gasteiger partial charge on any atom is -0.328 e. The number of rotatable bonds is 2. The summed E-state index contributed by atoms with van der Waals surface area (Å²) < 4.78 is 24.1. The molecule has 0 unspecified atom stereocenters. The Kier molecular flexibility index (Phi) is 2.34. The molecular weight excluding hydrogens is 190 g/mol. The van der Waals surface area contributed by atoms with E-state index < -0.39 is 6.43 Å². The Hall–Kier alpha value is -1.59. The molecule has 74 valence electrons. The summed E-state index contributed by atoms with van der Waals surface area (Å²) in [5.74, 6) is 0.858. The molecule has 0 atom stereocenters. The van der Waals surface area contributed by atoms with Crippen molar-refractivity contribution in [3.05, 3.63) is 18.1 Å². The minimum atomic E-state index is -2.38. The van der Waals surface area contributed by atoms with Crippen LogP contribution in [0.1, 0.15) is 12.0 Å². The van der Waals surface area contributed by atoms with Crippen LogP contribution in [0.15, 0.2) is 17.5 Å². The summed E-state index contributed by atoms with van der Waals surface area (Å²) in [7, 11) is 0. The summed E-state index contributed by atoms with van der Waals surface area (Å²) in [6.45, 7) is 0.366. The molecular formula is C8H8F2N4. The average molecular weight is 198 g/mol. The summed E-state index contributed by atoms with van der Waals surface area (Å²) in [4.78, 5) is 11.7. The van der Waals surface area contributed by atoms with E-state index in [0.717, 1.165) is 5.56 Å². The van der Waals surface area contributed by atoms with Crippen molar-refractivity contribution in [2.24, 2.45) is 4.99 Å². The molecule has 0 fully saturated rings. The molecule has 2 heterocycles. The SMILES string of the molecule is FC(F)CC1=NCc2cncnc2N1. The molecule has 1 aliphatic heterocycles. The summed E-state index contributed by atoms with van der Waals surface area (Å²) in [6.07, 6.45) is 0.253. The molecule has 0 aromatic carbocycles. The zero-order valence-electron chi connectivity index (χ0n) is 7.24. The first-order valence-electron chi connectivity index (χ1n) is 4.13. The number of anilines is 1. The summed E-state index contributed by atoms with van der Waals surface area (Å²) >= 11 is 0. The van der Waals surface area contributed by atoms with Crippen LogP contribution in [0.25, 0.3) is 0 Å². The van der Waals surface area contributed by atoms with Gasteiger partial charge in [-0.05, 0) is 0 Å². The normalized spacial score (nSPS) is 14.6. The van der Waals surface area contributed by atoms with Crippen molar-refractivity contribution < 1.29 is 8.78 Å². The number of nitrogens with zero attached hydrogens (tertiary/aromatic N) is 3. The van der Waals surface area contributed by atoms with Crippen LogP contribution in [0.5, 0.6) is 0 Å². The van der Waals surface area contributed by atoms with E-state index in [0.29, 0.717) is 12.4 Å². The van der Waals surface area contributed by atoms with Crippen LogP contribution in [-0.4, -0.2) is 22.2 Å². The highest BCUT2D eigenvalue weighted by molar-refractivity contribution is 5.96. The maximum absolute atomic E-state index is 12.0. The molecule has 0 amide bonds. The van der Waals surface area contributed by atoms with Crippen LogP contribution < -0.4 is 5.32 Å². The molecule has 2 rings (SSSR count). The fraction of sp³-hybridized carbons (Fsp3) is 0.375. The topological polar surface area (TPSA) is 50.2 Å². The van der Waals surface area contributed by atoms with Gasteiger partial charge in [-0.25, -0.2) is 18.7 Å². The van der Waals surface area contributed by atoms with E-state index >= 15 is 0 Å². The van der Waals surface area contributed by atoms with E-state index in [-0.39, 0.29) is 12.3 Å². The smallest absolute Gasteiger partial charge is 0.245 e. The molecule has 0 saturated heterocycles. The first-order chi connectivity index (χ1) is 6.75. The number of alkyl halides is 2. The molecule has 4 nitrogen and oxygen atoms in total. The van der Waals surface area contributed by atoms with Gasteiger partial charge in [0, 0.05) is 11.8 Å². The minimum absolute atomic E-state index is 0.284. The number of fused-ring (bicyclic) bond motifs is 1. The van der Waals surface area contributed by atoms with Crippen molar-refractivity contribution in [1.82, 2.24) is 9.97 Å². The predicted molar refractivity (Wildman–Crippen MR) is 47.4 cm³/mol. The Labute approximate surface area is 79.1 Å². The van der Waals surface area contributed by atoms with Gasteiger partial charge < -0.3 is 5.32 Å². The lowest BCUT2D eigenvalue weighted by Gasteiger charge is -2.16. The zero-order chi connectivity index (χ0) is 9.97. The molecule has 0 spiro atoms. The summed E-state index contributed by atoms with van der Waals surface area (Å²) in [5.41, 5.74) is 0.825. The second-order valence-corrected chi connectivity index (χ2v) is 2.88. The highest BCUT2D eigenvalue weighted by atomic mass is 19.3.